The van der Waals surface area contributed by atoms with Crippen LogP contribution >= 0.6 is 0 Å². The van der Waals surface area contributed by atoms with Crippen LogP contribution in [0.25, 0.3) is 0 Å². The lowest BCUT2D eigenvalue weighted by Gasteiger charge is -2.09. The molecule has 0 aliphatic rings. The first-order chi connectivity index (χ1) is 7.88. The standard InChI is InChI=1S/C12H16F2O2/c13-5-7-15-9-11-3-1-2-4-12(11)10-16-8-6-14/h1-4H,5-10H2. The summed E-state index contributed by atoms with van der Waals surface area (Å²) in [6, 6.07) is 7.55. The van der Waals surface area contributed by atoms with Gasteiger partial charge in [0.15, 0.2) is 0 Å². The highest BCUT2D eigenvalue weighted by Crippen LogP contribution is 2.11. The summed E-state index contributed by atoms with van der Waals surface area (Å²) in [5.41, 5.74) is 1.91. The van der Waals surface area contributed by atoms with Crippen LogP contribution in [0.4, 0.5) is 8.78 Å². The van der Waals surface area contributed by atoms with Gasteiger partial charge in [-0.3, -0.25) is 0 Å². The van der Waals surface area contributed by atoms with Gasteiger partial charge in [-0.05, 0) is 11.1 Å². The van der Waals surface area contributed by atoms with E-state index in [0.717, 1.165) is 11.1 Å². The van der Waals surface area contributed by atoms with Crippen molar-refractivity contribution >= 4 is 0 Å². The van der Waals surface area contributed by atoms with Crippen LogP contribution in [0, 0.1) is 0 Å². The number of alkyl halides is 2. The number of hydrogen-bond donors (Lipinski definition) is 0. The van der Waals surface area contributed by atoms with Crippen LogP contribution in [0.5, 0.6) is 0 Å². The van der Waals surface area contributed by atoms with E-state index in [9.17, 15) is 8.78 Å². The summed E-state index contributed by atoms with van der Waals surface area (Å²) >= 11 is 0. The maximum absolute atomic E-state index is 11.9. The lowest BCUT2D eigenvalue weighted by atomic mass is 10.1. The summed E-state index contributed by atoms with van der Waals surface area (Å²) in [4.78, 5) is 0. The third-order valence-electron chi connectivity index (χ3n) is 2.08. The monoisotopic (exact) mass is 230 g/mol. The van der Waals surface area contributed by atoms with Crippen molar-refractivity contribution in [3.63, 3.8) is 0 Å². The molecular weight excluding hydrogens is 214 g/mol. The SMILES string of the molecule is FCCOCc1ccccc1COCCF. The van der Waals surface area contributed by atoms with Crippen LogP contribution in [0.1, 0.15) is 11.1 Å². The molecule has 0 radical (unpaired) electrons. The van der Waals surface area contributed by atoms with Crippen molar-refractivity contribution in [2.75, 3.05) is 26.6 Å². The Morgan fingerprint density at radius 3 is 1.62 bits per heavy atom. The van der Waals surface area contributed by atoms with E-state index < -0.39 is 13.3 Å². The number of hydrogen-bond acceptors (Lipinski definition) is 2. The van der Waals surface area contributed by atoms with Crippen LogP contribution in [0.3, 0.4) is 0 Å². The Labute approximate surface area is 94.2 Å². The maximum Gasteiger partial charge on any atom is 0.113 e. The second-order valence-electron chi connectivity index (χ2n) is 3.25. The molecule has 0 aromatic heterocycles. The molecule has 0 amide bonds. The van der Waals surface area contributed by atoms with Crippen molar-refractivity contribution in [3.8, 4) is 0 Å². The van der Waals surface area contributed by atoms with Crippen LogP contribution in [-0.2, 0) is 22.7 Å². The fourth-order valence-corrected chi connectivity index (χ4v) is 1.31. The molecule has 4 heteroatoms. The molecular formula is C12H16F2O2. The van der Waals surface area contributed by atoms with Crippen molar-refractivity contribution < 1.29 is 18.3 Å². The molecule has 0 bridgehead atoms. The van der Waals surface area contributed by atoms with Crippen molar-refractivity contribution in [3.05, 3.63) is 35.4 Å². The molecule has 0 aliphatic carbocycles. The summed E-state index contributed by atoms with van der Waals surface area (Å²) in [5, 5.41) is 0. The van der Waals surface area contributed by atoms with Crippen molar-refractivity contribution in [1.82, 2.24) is 0 Å². The molecule has 0 fully saturated rings. The number of ether oxygens (including phenoxy) is 2. The van der Waals surface area contributed by atoms with Gasteiger partial charge in [0, 0.05) is 0 Å². The molecule has 0 N–H and O–H groups in total. The lowest BCUT2D eigenvalue weighted by Crippen LogP contribution is -2.03. The van der Waals surface area contributed by atoms with Gasteiger partial charge in [-0.15, -0.1) is 0 Å². The van der Waals surface area contributed by atoms with Crippen LogP contribution in [-0.4, -0.2) is 26.6 Å². The Balaban J connectivity index is 2.46. The van der Waals surface area contributed by atoms with E-state index in [1.165, 1.54) is 0 Å². The van der Waals surface area contributed by atoms with E-state index in [0.29, 0.717) is 13.2 Å². The fourth-order valence-electron chi connectivity index (χ4n) is 1.31. The van der Waals surface area contributed by atoms with Gasteiger partial charge in [0.05, 0.1) is 26.4 Å². The zero-order valence-corrected chi connectivity index (χ0v) is 9.12. The zero-order valence-electron chi connectivity index (χ0n) is 9.12. The quantitative estimate of drug-likeness (QED) is 0.639. The molecule has 0 saturated heterocycles. The molecule has 0 saturated carbocycles. The smallest absolute Gasteiger partial charge is 0.113 e. The fraction of sp³-hybridized carbons (Fsp3) is 0.500. The lowest BCUT2D eigenvalue weighted by molar-refractivity contribution is 0.0940. The Kier molecular flexibility index (Phi) is 6.69. The van der Waals surface area contributed by atoms with E-state index in [4.69, 9.17) is 9.47 Å². The highest BCUT2D eigenvalue weighted by Gasteiger charge is 2.02. The summed E-state index contributed by atoms with van der Waals surface area (Å²) in [5.74, 6) is 0. The Morgan fingerprint density at radius 1 is 0.812 bits per heavy atom. The maximum atomic E-state index is 11.9. The Bertz CT molecular complexity index is 263. The largest absolute Gasteiger partial charge is 0.374 e. The van der Waals surface area contributed by atoms with Gasteiger partial charge in [0.1, 0.15) is 13.3 Å². The number of benzene rings is 1. The van der Waals surface area contributed by atoms with Gasteiger partial charge in [-0.2, -0.15) is 0 Å². The van der Waals surface area contributed by atoms with Crippen molar-refractivity contribution in [1.29, 1.82) is 0 Å². The number of rotatable bonds is 8. The molecule has 0 heterocycles. The molecule has 0 spiro atoms. The molecule has 2 nitrogen and oxygen atoms in total. The van der Waals surface area contributed by atoms with E-state index in [1.54, 1.807) is 0 Å². The molecule has 1 aromatic rings. The van der Waals surface area contributed by atoms with Gasteiger partial charge in [-0.25, -0.2) is 8.78 Å². The average molecular weight is 230 g/mol. The number of halogens is 2. The Morgan fingerprint density at radius 2 is 1.25 bits per heavy atom. The highest BCUT2D eigenvalue weighted by atomic mass is 19.1. The van der Waals surface area contributed by atoms with Gasteiger partial charge in [-0.1, -0.05) is 24.3 Å². The molecule has 16 heavy (non-hydrogen) atoms. The van der Waals surface area contributed by atoms with E-state index >= 15 is 0 Å². The summed E-state index contributed by atoms with van der Waals surface area (Å²) in [6.45, 7) is -0.0570. The minimum Gasteiger partial charge on any atom is -0.374 e. The second-order valence-corrected chi connectivity index (χ2v) is 3.25. The molecule has 1 rings (SSSR count). The zero-order chi connectivity index (χ0) is 11.6. The normalized spacial score (nSPS) is 10.6. The van der Waals surface area contributed by atoms with E-state index in [2.05, 4.69) is 0 Å². The first-order valence-electron chi connectivity index (χ1n) is 5.22. The minimum atomic E-state index is -0.486. The van der Waals surface area contributed by atoms with Gasteiger partial charge in [0.2, 0.25) is 0 Å². The molecule has 0 unspecified atom stereocenters. The first kappa shape index (κ1) is 13.1. The first-order valence-corrected chi connectivity index (χ1v) is 5.22. The predicted octanol–water partition coefficient (Wildman–Crippen LogP) is 2.66. The minimum absolute atomic E-state index is 0.0969. The third-order valence-corrected chi connectivity index (χ3v) is 2.08. The molecule has 0 aliphatic heterocycles. The van der Waals surface area contributed by atoms with Crippen LogP contribution < -0.4 is 0 Å². The topological polar surface area (TPSA) is 18.5 Å². The average Bonchev–Trinajstić information content (AvgIpc) is 2.32. The Hall–Kier alpha value is -1.00. The molecule has 90 valence electrons. The van der Waals surface area contributed by atoms with Gasteiger partial charge < -0.3 is 9.47 Å². The van der Waals surface area contributed by atoms with Gasteiger partial charge in [0.25, 0.3) is 0 Å². The highest BCUT2D eigenvalue weighted by molar-refractivity contribution is 5.25. The van der Waals surface area contributed by atoms with E-state index in [1.807, 2.05) is 24.3 Å². The summed E-state index contributed by atoms with van der Waals surface area (Å²) in [7, 11) is 0. The molecule has 0 atom stereocenters. The predicted molar refractivity (Wildman–Crippen MR) is 57.7 cm³/mol. The van der Waals surface area contributed by atoms with Crippen LogP contribution in [0.15, 0.2) is 24.3 Å². The van der Waals surface area contributed by atoms with Crippen molar-refractivity contribution in [2.24, 2.45) is 0 Å². The second kappa shape index (κ2) is 8.19. The third kappa shape index (κ3) is 4.68. The molecule has 1 aromatic carbocycles. The summed E-state index contributed by atoms with van der Waals surface area (Å²) in [6.07, 6.45) is 0. The van der Waals surface area contributed by atoms with E-state index in [-0.39, 0.29) is 13.2 Å². The van der Waals surface area contributed by atoms with Gasteiger partial charge >= 0.3 is 0 Å². The van der Waals surface area contributed by atoms with Crippen LogP contribution in [0.2, 0.25) is 0 Å². The summed E-state index contributed by atoms with van der Waals surface area (Å²) < 4.78 is 33.9. The van der Waals surface area contributed by atoms with Crippen molar-refractivity contribution in [2.45, 2.75) is 13.2 Å².